The van der Waals surface area contributed by atoms with Crippen molar-refractivity contribution in [2.24, 2.45) is 0 Å². The first-order valence-electron chi connectivity index (χ1n) is 8.15. The van der Waals surface area contributed by atoms with Crippen molar-refractivity contribution in [3.05, 3.63) is 41.3 Å². The van der Waals surface area contributed by atoms with Crippen molar-refractivity contribution in [2.45, 2.75) is 45.2 Å². The molecule has 1 aromatic carbocycles. The minimum Gasteiger partial charge on any atom is -0.504 e. The molecule has 1 aliphatic rings. The summed E-state index contributed by atoms with van der Waals surface area (Å²) in [5.41, 5.74) is 2.13. The highest BCUT2D eigenvalue weighted by molar-refractivity contribution is 5.41. The Morgan fingerprint density at radius 2 is 2.22 bits per heavy atom. The van der Waals surface area contributed by atoms with Gasteiger partial charge in [0, 0.05) is 12.6 Å². The predicted molar refractivity (Wildman–Crippen MR) is 87.6 cm³/mol. The lowest BCUT2D eigenvalue weighted by atomic mass is 10.1. The zero-order valence-corrected chi connectivity index (χ0v) is 14.0. The third-order valence-corrected chi connectivity index (χ3v) is 4.46. The first-order chi connectivity index (χ1) is 11.1. The minimum absolute atomic E-state index is 0.172. The molecule has 1 atom stereocenters. The summed E-state index contributed by atoms with van der Waals surface area (Å²) in [6, 6.07) is 7.88. The smallest absolute Gasteiger partial charge is 0.160 e. The second kappa shape index (κ2) is 6.62. The van der Waals surface area contributed by atoms with Crippen molar-refractivity contribution >= 4 is 0 Å². The van der Waals surface area contributed by atoms with Gasteiger partial charge in [-0.2, -0.15) is 0 Å². The van der Waals surface area contributed by atoms with Gasteiger partial charge in [0.15, 0.2) is 17.3 Å². The molecule has 0 amide bonds. The molecule has 1 fully saturated rings. The summed E-state index contributed by atoms with van der Waals surface area (Å²) in [5.74, 6) is 2.02. The predicted octanol–water partition coefficient (Wildman–Crippen LogP) is 3.85. The molecule has 2 aromatic rings. The zero-order valence-electron chi connectivity index (χ0n) is 14.0. The number of hydrogen-bond donors (Lipinski definition) is 1. The second-order valence-electron chi connectivity index (χ2n) is 6.44. The van der Waals surface area contributed by atoms with Crippen molar-refractivity contribution in [3.8, 4) is 11.5 Å². The molecule has 5 heteroatoms. The van der Waals surface area contributed by atoms with E-state index >= 15 is 0 Å². The average Bonchev–Trinajstić information content (AvgIpc) is 3.17. The van der Waals surface area contributed by atoms with Crippen molar-refractivity contribution < 1.29 is 14.4 Å². The van der Waals surface area contributed by atoms with Crippen LogP contribution in [0.5, 0.6) is 11.5 Å². The topological polar surface area (TPSA) is 58.7 Å². The van der Waals surface area contributed by atoms with Crippen LogP contribution < -0.4 is 4.74 Å². The van der Waals surface area contributed by atoms with Crippen LogP contribution in [0.25, 0.3) is 0 Å². The van der Waals surface area contributed by atoms with E-state index in [9.17, 15) is 5.11 Å². The molecule has 1 saturated heterocycles. The van der Waals surface area contributed by atoms with Crippen LogP contribution in [0.3, 0.4) is 0 Å². The first-order valence-corrected chi connectivity index (χ1v) is 8.15. The Hall–Kier alpha value is -2.01. The zero-order chi connectivity index (χ0) is 16.4. The number of ether oxygens (including phenoxy) is 1. The van der Waals surface area contributed by atoms with Gasteiger partial charge in [0.25, 0.3) is 0 Å². The molecule has 124 valence electrons. The molecule has 23 heavy (non-hydrogen) atoms. The summed E-state index contributed by atoms with van der Waals surface area (Å²) in [7, 11) is 1.57. The number of benzene rings is 1. The Balaban J connectivity index is 1.76. The Morgan fingerprint density at radius 1 is 1.39 bits per heavy atom. The number of rotatable bonds is 5. The highest BCUT2D eigenvalue weighted by Gasteiger charge is 2.29. The van der Waals surface area contributed by atoms with Crippen LogP contribution in [0.15, 0.2) is 28.8 Å². The first kappa shape index (κ1) is 15.9. The normalized spacial score (nSPS) is 18.7. The Morgan fingerprint density at radius 3 is 2.91 bits per heavy atom. The maximum absolute atomic E-state index is 9.72. The van der Waals surface area contributed by atoms with Gasteiger partial charge in [0.2, 0.25) is 0 Å². The van der Waals surface area contributed by atoms with E-state index in [0.29, 0.717) is 11.7 Å². The van der Waals surface area contributed by atoms with Crippen molar-refractivity contribution in [1.29, 1.82) is 0 Å². The number of nitrogens with zero attached hydrogens (tertiary/aromatic N) is 2. The van der Waals surface area contributed by atoms with Crippen LogP contribution in [0.2, 0.25) is 0 Å². The maximum atomic E-state index is 9.72. The molecule has 0 spiro atoms. The van der Waals surface area contributed by atoms with E-state index in [1.165, 1.54) is 0 Å². The number of likely N-dealkylation sites (tertiary alicyclic amines) is 1. The van der Waals surface area contributed by atoms with Gasteiger partial charge in [0.05, 0.1) is 18.8 Å². The molecule has 0 radical (unpaired) electrons. The molecular weight excluding hydrogens is 292 g/mol. The summed E-state index contributed by atoms with van der Waals surface area (Å²) >= 11 is 0. The molecule has 0 saturated carbocycles. The van der Waals surface area contributed by atoms with Gasteiger partial charge in [0.1, 0.15) is 0 Å². The fraction of sp³-hybridized carbons (Fsp3) is 0.500. The standard InChI is InChI=1S/C18H24N2O3/c1-12(2)14-10-17(23-19-14)15-5-4-8-20(15)11-13-6-7-16(21)18(9-13)22-3/h6-7,9-10,12,15,21H,4-5,8,11H2,1-3H3/t15-/m0/s1. The second-order valence-corrected chi connectivity index (χ2v) is 6.44. The molecule has 5 nitrogen and oxygen atoms in total. The van der Waals surface area contributed by atoms with Gasteiger partial charge >= 0.3 is 0 Å². The van der Waals surface area contributed by atoms with Crippen LogP contribution in [-0.4, -0.2) is 28.8 Å². The van der Waals surface area contributed by atoms with Crippen LogP contribution in [-0.2, 0) is 6.54 Å². The van der Waals surface area contributed by atoms with Gasteiger partial charge in [-0.15, -0.1) is 0 Å². The van der Waals surface area contributed by atoms with Gasteiger partial charge in [-0.05, 0) is 43.0 Å². The maximum Gasteiger partial charge on any atom is 0.160 e. The number of phenolic OH excluding ortho intramolecular Hbond substituents is 1. The van der Waals surface area contributed by atoms with Crippen molar-refractivity contribution in [1.82, 2.24) is 10.1 Å². The van der Waals surface area contributed by atoms with E-state index in [1.54, 1.807) is 13.2 Å². The lowest BCUT2D eigenvalue weighted by molar-refractivity contribution is 0.206. The van der Waals surface area contributed by atoms with E-state index in [1.807, 2.05) is 12.1 Å². The van der Waals surface area contributed by atoms with Crippen LogP contribution >= 0.6 is 0 Å². The molecular formula is C18H24N2O3. The molecule has 0 aliphatic carbocycles. The number of methoxy groups -OCH3 is 1. The molecule has 1 N–H and O–H groups in total. The quantitative estimate of drug-likeness (QED) is 0.908. The summed E-state index contributed by atoms with van der Waals surface area (Å²) in [6.07, 6.45) is 2.24. The molecule has 3 rings (SSSR count). The molecule has 1 aliphatic heterocycles. The van der Waals surface area contributed by atoms with Crippen LogP contribution in [0, 0.1) is 0 Å². The van der Waals surface area contributed by atoms with Gasteiger partial charge in [-0.25, -0.2) is 0 Å². The summed E-state index contributed by atoms with van der Waals surface area (Å²) in [5, 5.41) is 13.9. The molecule has 2 heterocycles. The van der Waals surface area contributed by atoms with Crippen LogP contribution in [0.4, 0.5) is 0 Å². The van der Waals surface area contributed by atoms with E-state index in [2.05, 4.69) is 30.0 Å². The largest absolute Gasteiger partial charge is 0.504 e. The Labute approximate surface area is 136 Å². The third kappa shape index (κ3) is 3.34. The minimum atomic E-state index is 0.172. The summed E-state index contributed by atoms with van der Waals surface area (Å²) < 4.78 is 10.8. The number of aromatic nitrogens is 1. The van der Waals surface area contributed by atoms with Gasteiger partial charge < -0.3 is 14.4 Å². The third-order valence-electron chi connectivity index (χ3n) is 4.46. The summed E-state index contributed by atoms with van der Waals surface area (Å²) in [6.45, 7) is 6.08. The average molecular weight is 316 g/mol. The highest BCUT2D eigenvalue weighted by atomic mass is 16.5. The Bertz CT molecular complexity index is 666. The molecule has 1 aromatic heterocycles. The fourth-order valence-corrected chi connectivity index (χ4v) is 3.13. The van der Waals surface area contributed by atoms with E-state index in [-0.39, 0.29) is 11.8 Å². The van der Waals surface area contributed by atoms with Crippen LogP contribution in [0.1, 0.15) is 55.7 Å². The number of hydrogen-bond acceptors (Lipinski definition) is 5. The van der Waals surface area contributed by atoms with E-state index in [4.69, 9.17) is 9.26 Å². The SMILES string of the molecule is COc1cc(CN2CCC[C@H]2c2cc(C(C)C)no2)ccc1O. The van der Waals surface area contributed by atoms with Gasteiger partial charge in [-0.3, -0.25) is 4.90 Å². The van der Waals surface area contributed by atoms with Crippen molar-refractivity contribution in [2.75, 3.05) is 13.7 Å². The van der Waals surface area contributed by atoms with E-state index in [0.717, 1.165) is 42.9 Å². The summed E-state index contributed by atoms with van der Waals surface area (Å²) in [4.78, 5) is 2.40. The number of phenols is 1. The lowest BCUT2D eigenvalue weighted by Crippen LogP contribution is -2.22. The van der Waals surface area contributed by atoms with E-state index < -0.39 is 0 Å². The highest BCUT2D eigenvalue weighted by Crippen LogP contribution is 2.35. The molecule has 0 unspecified atom stereocenters. The number of aromatic hydroxyl groups is 1. The van der Waals surface area contributed by atoms with Gasteiger partial charge in [-0.1, -0.05) is 25.1 Å². The lowest BCUT2D eigenvalue weighted by Gasteiger charge is -2.22. The van der Waals surface area contributed by atoms with Crippen molar-refractivity contribution in [3.63, 3.8) is 0 Å². The monoisotopic (exact) mass is 316 g/mol. The fourth-order valence-electron chi connectivity index (χ4n) is 3.13. The molecule has 0 bridgehead atoms. The Kier molecular flexibility index (Phi) is 4.57.